The molecule has 0 aliphatic heterocycles. The maximum absolute atomic E-state index is 6.21. The number of aromatic nitrogens is 1. The van der Waals surface area contributed by atoms with Crippen molar-refractivity contribution in [3.63, 3.8) is 0 Å². The van der Waals surface area contributed by atoms with E-state index in [-0.39, 0.29) is 5.54 Å². The maximum atomic E-state index is 6.21. The second-order valence-corrected chi connectivity index (χ2v) is 6.45. The van der Waals surface area contributed by atoms with Crippen molar-refractivity contribution in [1.82, 2.24) is 4.98 Å². The molecule has 0 aliphatic rings. The van der Waals surface area contributed by atoms with Crippen LogP contribution in [0.5, 0.6) is 0 Å². The molecule has 2 nitrogen and oxygen atoms in total. The van der Waals surface area contributed by atoms with Gasteiger partial charge in [0.2, 0.25) is 0 Å². The predicted molar refractivity (Wildman–Crippen MR) is 76.6 cm³/mol. The van der Waals surface area contributed by atoms with Crippen LogP contribution < -0.4 is 5.73 Å². The van der Waals surface area contributed by atoms with Crippen LogP contribution in [0.1, 0.15) is 37.1 Å². The molecule has 0 fully saturated rings. The highest BCUT2D eigenvalue weighted by Gasteiger charge is 2.23. The lowest BCUT2D eigenvalue weighted by atomic mass is 10.0. The van der Waals surface area contributed by atoms with Gasteiger partial charge >= 0.3 is 0 Å². The molecule has 2 aromatic heterocycles. The van der Waals surface area contributed by atoms with E-state index in [1.807, 2.05) is 18.3 Å². The Morgan fingerprint density at radius 1 is 1.35 bits per heavy atom. The fourth-order valence-electron chi connectivity index (χ4n) is 1.51. The molecule has 1 atom stereocenters. The molecule has 1 unspecified atom stereocenters. The number of hydrogen-bond acceptors (Lipinski definition) is 4. The molecule has 2 aromatic rings. The molecule has 2 N–H and O–H groups in total. The van der Waals surface area contributed by atoms with Gasteiger partial charge in [-0.25, -0.2) is 4.98 Å². The third-order valence-electron chi connectivity index (χ3n) is 2.99. The molecule has 0 saturated heterocycles. The summed E-state index contributed by atoms with van der Waals surface area (Å²) in [7, 11) is 0. The van der Waals surface area contributed by atoms with Crippen molar-refractivity contribution in [2.75, 3.05) is 0 Å². The van der Waals surface area contributed by atoms with Crippen LogP contribution in [0.15, 0.2) is 17.5 Å². The summed E-state index contributed by atoms with van der Waals surface area (Å²) in [5.41, 5.74) is 6.98. The quantitative estimate of drug-likeness (QED) is 0.908. The molecular weight excluding hydrogens is 248 g/mol. The number of thiophene rings is 1. The molecule has 2 heterocycles. The Bertz CT molecular complexity index is 497. The molecule has 0 radical (unpaired) electrons. The first-order valence-electron chi connectivity index (χ1n) is 5.90. The lowest BCUT2D eigenvalue weighted by Gasteiger charge is -2.18. The van der Waals surface area contributed by atoms with E-state index in [0.717, 1.165) is 23.5 Å². The van der Waals surface area contributed by atoms with Gasteiger partial charge in [0.1, 0.15) is 5.01 Å². The standard InChI is InChI=1S/C13H18N2S2/c1-4-9-6-7-11(17-9)10-8-16-12(15-10)13(3,14)5-2/h6-8H,4-5,14H2,1-3H3. The summed E-state index contributed by atoms with van der Waals surface area (Å²) in [6, 6.07) is 4.34. The maximum Gasteiger partial charge on any atom is 0.113 e. The van der Waals surface area contributed by atoms with Crippen molar-refractivity contribution in [3.05, 3.63) is 27.4 Å². The zero-order valence-corrected chi connectivity index (χ0v) is 12.1. The van der Waals surface area contributed by atoms with E-state index in [9.17, 15) is 0 Å². The average molecular weight is 266 g/mol. The van der Waals surface area contributed by atoms with Crippen LogP contribution in [-0.4, -0.2) is 4.98 Å². The van der Waals surface area contributed by atoms with Crippen molar-refractivity contribution in [2.45, 2.75) is 39.2 Å². The summed E-state index contributed by atoms with van der Waals surface area (Å²) in [5, 5.41) is 3.14. The van der Waals surface area contributed by atoms with Crippen LogP contribution in [0.4, 0.5) is 0 Å². The van der Waals surface area contributed by atoms with Crippen molar-refractivity contribution < 1.29 is 0 Å². The van der Waals surface area contributed by atoms with E-state index in [4.69, 9.17) is 5.73 Å². The minimum Gasteiger partial charge on any atom is -0.320 e. The van der Waals surface area contributed by atoms with E-state index in [0.29, 0.717) is 0 Å². The third kappa shape index (κ3) is 2.59. The molecule has 0 aliphatic carbocycles. The van der Waals surface area contributed by atoms with Crippen LogP contribution in [0, 0.1) is 0 Å². The van der Waals surface area contributed by atoms with Crippen LogP contribution in [0.3, 0.4) is 0 Å². The zero-order valence-electron chi connectivity index (χ0n) is 10.5. The number of aryl methyl sites for hydroxylation is 1. The Hall–Kier alpha value is -0.710. The van der Waals surface area contributed by atoms with Gasteiger partial charge in [-0.3, -0.25) is 0 Å². The SMILES string of the molecule is CCc1ccc(-c2csc(C(C)(N)CC)n2)s1. The summed E-state index contributed by atoms with van der Waals surface area (Å²) >= 11 is 3.48. The van der Waals surface area contributed by atoms with Crippen molar-refractivity contribution in [2.24, 2.45) is 5.73 Å². The molecule has 0 bridgehead atoms. The molecule has 0 saturated carbocycles. The highest BCUT2D eigenvalue weighted by atomic mass is 32.1. The van der Waals surface area contributed by atoms with Gasteiger partial charge in [0.15, 0.2) is 0 Å². The van der Waals surface area contributed by atoms with E-state index in [2.05, 4.69) is 36.3 Å². The first-order valence-corrected chi connectivity index (χ1v) is 7.60. The van der Waals surface area contributed by atoms with Gasteiger partial charge in [-0.2, -0.15) is 0 Å². The Balaban J connectivity index is 2.29. The first-order chi connectivity index (χ1) is 8.06. The summed E-state index contributed by atoms with van der Waals surface area (Å²) in [6.07, 6.45) is 2.00. The zero-order chi connectivity index (χ0) is 12.5. The molecule has 17 heavy (non-hydrogen) atoms. The van der Waals surface area contributed by atoms with Gasteiger partial charge in [0.05, 0.1) is 16.1 Å². The van der Waals surface area contributed by atoms with E-state index < -0.39 is 0 Å². The summed E-state index contributed by atoms with van der Waals surface area (Å²) in [5.74, 6) is 0. The Morgan fingerprint density at radius 3 is 2.71 bits per heavy atom. The van der Waals surface area contributed by atoms with E-state index in [1.54, 1.807) is 11.3 Å². The monoisotopic (exact) mass is 266 g/mol. The highest BCUT2D eigenvalue weighted by Crippen LogP contribution is 2.32. The Morgan fingerprint density at radius 2 is 2.12 bits per heavy atom. The molecule has 0 aromatic carbocycles. The molecule has 0 spiro atoms. The topological polar surface area (TPSA) is 38.9 Å². The van der Waals surface area contributed by atoms with Crippen LogP contribution in [0.2, 0.25) is 0 Å². The average Bonchev–Trinajstić information content (AvgIpc) is 2.97. The molecule has 0 amide bonds. The van der Waals surface area contributed by atoms with E-state index >= 15 is 0 Å². The van der Waals surface area contributed by atoms with Crippen molar-refractivity contribution >= 4 is 22.7 Å². The van der Waals surface area contributed by atoms with Crippen molar-refractivity contribution in [3.8, 4) is 10.6 Å². The fourth-order valence-corrected chi connectivity index (χ4v) is 3.46. The first kappa shape index (κ1) is 12.7. The Kier molecular flexibility index (Phi) is 3.66. The minimum atomic E-state index is -0.298. The van der Waals surface area contributed by atoms with Gasteiger partial charge in [-0.15, -0.1) is 22.7 Å². The number of hydrogen-bond donors (Lipinski definition) is 1. The third-order valence-corrected chi connectivity index (χ3v) is 5.36. The number of nitrogens with two attached hydrogens (primary N) is 1. The normalized spacial score (nSPS) is 14.8. The lowest BCUT2D eigenvalue weighted by molar-refractivity contribution is 0.474. The number of thiazole rings is 1. The lowest BCUT2D eigenvalue weighted by Crippen LogP contribution is -2.31. The molecule has 92 valence electrons. The summed E-state index contributed by atoms with van der Waals surface area (Å²) < 4.78 is 0. The molecular formula is C13H18N2S2. The van der Waals surface area contributed by atoms with Gasteiger partial charge in [-0.05, 0) is 31.9 Å². The molecule has 4 heteroatoms. The Labute approximate surface area is 111 Å². The second-order valence-electron chi connectivity index (χ2n) is 4.43. The van der Waals surface area contributed by atoms with Gasteiger partial charge in [0.25, 0.3) is 0 Å². The second kappa shape index (κ2) is 4.88. The number of rotatable bonds is 4. The van der Waals surface area contributed by atoms with Gasteiger partial charge in [-0.1, -0.05) is 13.8 Å². The van der Waals surface area contributed by atoms with Crippen molar-refractivity contribution in [1.29, 1.82) is 0 Å². The largest absolute Gasteiger partial charge is 0.320 e. The summed E-state index contributed by atoms with van der Waals surface area (Å²) in [6.45, 7) is 6.32. The van der Waals surface area contributed by atoms with E-state index in [1.165, 1.54) is 9.75 Å². The van der Waals surface area contributed by atoms with Crippen LogP contribution in [0.25, 0.3) is 10.6 Å². The van der Waals surface area contributed by atoms with Gasteiger partial charge < -0.3 is 5.73 Å². The highest BCUT2D eigenvalue weighted by molar-refractivity contribution is 7.16. The van der Waals surface area contributed by atoms with Crippen LogP contribution >= 0.6 is 22.7 Å². The van der Waals surface area contributed by atoms with Gasteiger partial charge in [0, 0.05) is 10.3 Å². The smallest absolute Gasteiger partial charge is 0.113 e. The predicted octanol–water partition coefficient (Wildman–Crippen LogP) is 4.02. The minimum absolute atomic E-state index is 0.298. The molecule has 2 rings (SSSR count). The summed E-state index contributed by atoms with van der Waals surface area (Å²) in [4.78, 5) is 7.32. The fraction of sp³-hybridized carbons (Fsp3) is 0.462. The van der Waals surface area contributed by atoms with Crippen LogP contribution in [-0.2, 0) is 12.0 Å². The number of nitrogens with zero attached hydrogens (tertiary/aromatic N) is 1.